The van der Waals surface area contributed by atoms with E-state index >= 15 is 0 Å². The largest absolute Gasteiger partial charge is 0.314 e. The van der Waals surface area contributed by atoms with E-state index in [-0.39, 0.29) is 0 Å². The number of benzene rings is 1. The molecule has 1 aromatic heterocycles. The molecular weight excluding hydrogens is 300 g/mol. The molecule has 6 nitrogen and oxygen atoms in total. The summed E-state index contributed by atoms with van der Waals surface area (Å²) in [4.78, 5) is 6.75. The van der Waals surface area contributed by atoms with Crippen LogP contribution in [-0.2, 0) is 10.0 Å². The summed E-state index contributed by atoms with van der Waals surface area (Å²) in [5.41, 5.74) is 0.687. The SMILES string of the molecule is O=S(=O)(NCCN1CCNCC1)c1cccc2ncccc12. The van der Waals surface area contributed by atoms with Crippen LogP contribution in [0, 0.1) is 0 Å². The molecule has 0 unspecified atom stereocenters. The van der Waals surface area contributed by atoms with E-state index in [0.29, 0.717) is 22.3 Å². The Kier molecular flexibility index (Phi) is 4.68. The summed E-state index contributed by atoms with van der Waals surface area (Å²) in [6.07, 6.45) is 1.66. The Morgan fingerprint density at radius 3 is 2.82 bits per heavy atom. The molecule has 1 aliphatic heterocycles. The van der Waals surface area contributed by atoms with Crippen LogP contribution in [0.15, 0.2) is 41.4 Å². The Balaban J connectivity index is 1.71. The van der Waals surface area contributed by atoms with Crippen LogP contribution in [-0.4, -0.2) is 57.6 Å². The van der Waals surface area contributed by atoms with Crippen molar-refractivity contribution in [1.29, 1.82) is 0 Å². The Morgan fingerprint density at radius 1 is 1.18 bits per heavy atom. The van der Waals surface area contributed by atoms with E-state index in [1.54, 1.807) is 30.5 Å². The summed E-state index contributed by atoms with van der Waals surface area (Å²) in [5, 5.41) is 3.93. The first kappa shape index (κ1) is 15.4. The molecule has 22 heavy (non-hydrogen) atoms. The summed E-state index contributed by atoms with van der Waals surface area (Å²) in [5.74, 6) is 0. The highest BCUT2D eigenvalue weighted by Gasteiger charge is 2.17. The fraction of sp³-hybridized carbons (Fsp3) is 0.400. The lowest BCUT2D eigenvalue weighted by Crippen LogP contribution is -2.46. The maximum absolute atomic E-state index is 12.5. The maximum Gasteiger partial charge on any atom is 0.241 e. The third kappa shape index (κ3) is 3.44. The predicted molar refractivity (Wildman–Crippen MR) is 86.2 cm³/mol. The second-order valence-electron chi connectivity index (χ2n) is 5.32. The van der Waals surface area contributed by atoms with Gasteiger partial charge in [0.1, 0.15) is 0 Å². The van der Waals surface area contributed by atoms with Gasteiger partial charge in [-0.1, -0.05) is 6.07 Å². The number of nitrogens with one attached hydrogen (secondary N) is 2. The summed E-state index contributed by atoms with van der Waals surface area (Å²) >= 11 is 0. The number of piperazine rings is 1. The molecule has 3 rings (SSSR count). The highest BCUT2D eigenvalue weighted by Crippen LogP contribution is 2.20. The van der Waals surface area contributed by atoms with Gasteiger partial charge in [0.25, 0.3) is 0 Å². The molecule has 2 heterocycles. The Hall–Kier alpha value is -1.54. The zero-order chi connectivity index (χ0) is 15.4. The van der Waals surface area contributed by atoms with Crippen LogP contribution >= 0.6 is 0 Å². The minimum absolute atomic E-state index is 0.290. The summed E-state index contributed by atoms with van der Waals surface area (Å²) < 4.78 is 27.7. The van der Waals surface area contributed by atoms with Gasteiger partial charge >= 0.3 is 0 Å². The van der Waals surface area contributed by atoms with Gasteiger partial charge in [-0.2, -0.15) is 0 Å². The third-order valence-electron chi connectivity index (χ3n) is 3.82. The lowest BCUT2D eigenvalue weighted by Gasteiger charge is -2.27. The molecule has 0 aliphatic carbocycles. The van der Waals surface area contributed by atoms with Crippen molar-refractivity contribution in [2.45, 2.75) is 4.90 Å². The summed E-state index contributed by atoms with van der Waals surface area (Å²) in [7, 11) is -3.52. The quantitative estimate of drug-likeness (QED) is 0.835. The topological polar surface area (TPSA) is 74.3 Å². The molecular formula is C15H20N4O2S. The van der Waals surface area contributed by atoms with Crippen molar-refractivity contribution in [3.63, 3.8) is 0 Å². The van der Waals surface area contributed by atoms with E-state index in [1.807, 2.05) is 6.07 Å². The van der Waals surface area contributed by atoms with Crippen LogP contribution < -0.4 is 10.0 Å². The van der Waals surface area contributed by atoms with E-state index < -0.39 is 10.0 Å². The van der Waals surface area contributed by atoms with E-state index in [0.717, 1.165) is 32.7 Å². The smallest absolute Gasteiger partial charge is 0.241 e. The first-order valence-electron chi connectivity index (χ1n) is 7.43. The lowest BCUT2D eigenvalue weighted by molar-refractivity contribution is 0.245. The number of fused-ring (bicyclic) bond motifs is 1. The molecule has 0 amide bonds. The molecule has 0 saturated carbocycles. The van der Waals surface area contributed by atoms with Gasteiger partial charge in [0, 0.05) is 50.9 Å². The molecule has 0 radical (unpaired) electrons. The first-order valence-corrected chi connectivity index (χ1v) is 8.92. The van der Waals surface area contributed by atoms with E-state index in [4.69, 9.17) is 0 Å². The van der Waals surface area contributed by atoms with Gasteiger partial charge < -0.3 is 5.32 Å². The van der Waals surface area contributed by atoms with Crippen LogP contribution in [0.3, 0.4) is 0 Å². The van der Waals surface area contributed by atoms with Gasteiger partial charge in [-0.05, 0) is 24.3 Å². The van der Waals surface area contributed by atoms with E-state index in [2.05, 4.69) is 19.9 Å². The lowest BCUT2D eigenvalue weighted by atomic mass is 10.2. The van der Waals surface area contributed by atoms with Gasteiger partial charge in [0.05, 0.1) is 10.4 Å². The summed E-state index contributed by atoms with van der Waals surface area (Å²) in [6, 6.07) is 8.70. The van der Waals surface area contributed by atoms with Crippen LogP contribution in [0.25, 0.3) is 10.9 Å². The van der Waals surface area contributed by atoms with Gasteiger partial charge in [0.2, 0.25) is 10.0 Å². The number of sulfonamides is 1. The Morgan fingerprint density at radius 2 is 2.00 bits per heavy atom. The van der Waals surface area contributed by atoms with Crippen molar-refractivity contribution >= 4 is 20.9 Å². The zero-order valence-electron chi connectivity index (χ0n) is 12.3. The monoisotopic (exact) mass is 320 g/mol. The minimum Gasteiger partial charge on any atom is -0.314 e. The second kappa shape index (κ2) is 6.70. The average molecular weight is 320 g/mol. The molecule has 1 aromatic carbocycles. The van der Waals surface area contributed by atoms with E-state index in [1.165, 1.54) is 0 Å². The van der Waals surface area contributed by atoms with Crippen LogP contribution in [0.5, 0.6) is 0 Å². The zero-order valence-corrected chi connectivity index (χ0v) is 13.1. The van der Waals surface area contributed by atoms with Gasteiger partial charge in [-0.25, -0.2) is 13.1 Å². The van der Waals surface area contributed by atoms with Crippen molar-refractivity contribution < 1.29 is 8.42 Å². The van der Waals surface area contributed by atoms with Crippen LogP contribution in [0.4, 0.5) is 0 Å². The number of hydrogen-bond acceptors (Lipinski definition) is 5. The van der Waals surface area contributed by atoms with Crippen LogP contribution in [0.2, 0.25) is 0 Å². The molecule has 7 heteroatoms. The van der Waals surface area contributed by atoms with E-state index in [9.17, 15) is 8.42 Å². The molecule has 1 fully saturated rings. The fourth-order valence-electron chi connectivity index (χ4n) is 2.66. The number of rotatable bonds is 5. The van der Waals surface area contributed by atoms with Crippen LogP contribution in [0.1, 0.15) is 0 Å². The summed E-state index contributed by atoms with van der Waals surface area (Å²) in [6.45, 7) is 4.98. The molecule has 1 saturated heterocycles. The van der Waals surface area contributed by atoms with Crippen molar-refractivity contribution in [2.24, 2.45) is 0 Å². The fourth-order valence-corrected chi connectivity index (χ4v) is 3.90. The predicted octanol–water partition coefficient (Wildman–Crippen LogP) is 0.418. The van der Waals surface area contributed by atoms with Crippen molar-refractivity contribution in [2.75, 3.05) is 39.3 Å². The van der Waals surface area contributed by atoms with Crippen molar-refractivity contribution in [3.05, 3.63) is 36.5 Å². The maximum atomic E-state index is 12.5. The molecule has 118 valence electrons. The Labute approximate surface area is 130 Å². The van der Waals surface area contributed by atoms with Gasteiger partial charge in [-0.15, -0.1) is 0 Å². The minimum atomic E-state index is -3.52. The molecule has 2 N–H and O–H groups in total. The van der Waals surface area contributed by atoms with Crippen molar-refractivity contribution in [3.8, 4) is 0 Å². The second-order valence-corrected chi connectivity index (χ2v) is 7.05. The average Bonchev–Trinajstić information content (AvgIpc) is 2.55. The first-order chi connectivity index (χ1) is 10.7. The Bertz CT molecular complexity index is 737. The molecule has 0 bridgehead atoms. The third-order valence-corrected chi connectivity index (χ3v) is 5.34. The number of pyridine rings is 1. The number of hydrogen-bond donors (Lipinski definition) is 2. The molecule has 2 aromatic rings. The highest BCUT2D eigenvalue weighted by atomic mass is 32.2. The normalized spacial score (nSPS) is 16.9. The molecule has 0 atom stereocenters. The number of nitrogens with zero attached hydrogens (tertiary/aromatic N) is 2. The standard InChI is InChI=1S/C15H20N4O2S/c20-22(21,18-9-12-19-10-7-16-8-11-19)15-5-1-4-14-13(15)3-2-6-17-14/h1-6,16,18H,7-12H2. The van der Waals surface area contributed by atoms with Gasteiger partial charge in [-0.3, -0.25) is 9.88 Å². The van der Waals surface area contributed by atoms with Crippen molar-refractivity contribution in [1.82, 2.24) is 19.9 Å². The number of aromatic nitrogens is 1. The van der Waals surface area contributed by atoms with Gasteiger partial charge in [0.15, 0.2) is 0 Å². The molecule has 1 aliphatic rings. The highest BCUT2D eigenvalue weighted by molar-refractivity contribution is 7.89. The molecule has 0 spiro atoms.